The second kappa shape index (κ2) is 6.77. The van der Waals surface area contributed by atoms with E-state index in [0.29, 0.717) is 17.2 Å². The van der Waals surface area contributed by atoms with Crippen LogP contribution in [0.4, 0.5) is 5.69 Å². The Bertz CT molecular complexity index is 831. The van der Waals surface area contributed by atoms with Crippen molar-refractivity contribution in [2.75, 3.05) is 25.0 Å². The van der Waals surface area contributed by atoms with Crippen molar-refractivity contribution in [2.45, 2.75) is 37.8 Å². The van der Waals surface area contributed by atoms with Gasteiger partial charge in [0.05, 0.1) is 11.1 Å². The third-order valence-corrected chi connectivity index (χ3v) is 5.65. The second-order valence-electron chi connectivity index (χ2n) is 7.29. The lowest BCUT2D eigenvalue weighted by Crippen LogP contribution is -2.54. The largest absolute Gasteiger partial charge is 0.370 e. The molecule has 2 fully saturated rings. The zero-order valence-corrected chi connectivity index (χ0v) is 15.2. The molecule has 0 aliphatic carbocycles. The molecule has 27 heavy (non-hydrogen) atoms. The Balaban J connectivity index is 1.60. The maximum Gasteiger partial charge on any atom is 0.262 e. The van der Waals surface area contributed by atoms with E-state index in [9.17, 15) is 19.2 Å². The van der Waals surface area contributed by atoms with Crippen LogP contribution in [-0.4, -0.2) is 60.7 Å². The van der Waals surface area contributed by atoms with Gasteiger partial charge in [-0.2, -0.15) is 0 Å². The van der Waals surface area contributed by atoms with Gasteiger partial charge in [0.15, 0.2) is 0 Å². The number of nitrogens with zero attached hydrogens (tertiary/aromatic N) is 2. The number of fused-ring (bicyclic) bond motifs is 1. The van der Waals surface area contributed by atoms with Crippen LogP contribution < -0.4 is 15.5 Å². The lowest BCUT2D eigenvalue weighted by molar-refractivity contribution is -0.136. The lowest BCUT2D eigenvalue weighted by Gasteiger charge is -2.33. The summed E-state index contributed by atoms with van der Waals surface area (Å²) in [5.74, 6) is -1.91. The van der Waals surface area contributed by atoms with Gasteiger partial charge in [0.1, 0.15) is 6.04 Å². The number of benzene rings is 1. The molecule has 3 heterocycles. The first-order valence-corrected chi connectivity index (χ1v) is 9.26. The van der Waals surface area contributed by atoms with Crippen LogP contribution in [-0.2, 0) is 9.59 Å². The van der Waals surface area contributed by atoms with E-state index in [2.05, 4.69) is 15.5 Å². The van der Waals surface area contributed by atoms with Gasteiger partial charge < -0.3 is 10.2 Å². The van der Waals surface area contributed by atoms with Gasteiger partial charge in [0, 0.05) is 31.7 Å². The fraction of sp³-hybridized carbons (Fsp3) is 0.474. The molecule has 0 spiro atoms. The van der Waals surface area contributed by atoms with Crippen LogP contribution >= 0.6 is 0 Å². The Hall–Kier alpha value is -2.74. The molecular weight excluding hydrogens is 348 g/mol. The minimum absolute atomic E-state index is 0.118. The molecule has 2 saturated heterocycles. The molecule has 0 saturated carbocycles. The van der Waals surface area contributed by atoms with E-state index in [1.54, 1.807) is 12.1 Å². The Morgan fingerprint density at radius 2 is 1.85 bits per heavy atom. The molecule has 0 aromatic heterocycles. The maximum atomic E-state index is 12.9. The van der Waals surface area contributed by atoms with E-state index in [0.717, 1.165) is 36.5 Å². The van der Waals surface area contributed by atoms with Gasteiger partial charge in [-0.25, -0.2) is 0 Å². The summed E-state index contributed by atoms with van der Waals surface area (Å²) < 4.78 is 0. The van der Waals surface area contributed by atoms with Crippen LogP contribution in [0.25, 0.3) is 0 Å². The van der Waals surface area contributed by atoms with Crippen LogP contribution in [0, 0.1) is 0 Å². The molecule has 3 aliphatic heterocycles. The van der Waals surface area contributed by atoms with Gasteiger partial charge in [0.2, 0.25) is 11.8 Å². The van der Waals surface area contributed by atoms with Crippen molar-refractivity contribution < 1.29 is 19.2 Å². The fourth-order valence-corrected chi connectivity index (χ4v) is 4.05. The van der Waals surface area contributed by atoms with E-state index in [4.69, 9.17) is 0 Å². The lowest BCUT2D eigenvalue weighted by atomic mass is 10.0. The van der Waals surface area contributed by atoms with Crippen molar-refractivity contribution in [3.63, 3.8) is 0 Å². The Morgan fingerprint density at radius 1 is 1.07 bits per heavy atom. The molecule has 0 bridgehead atoms. The molecule has 142 valence electrons. The number of piperidine rings is 2. The number of likely N-dealkylation sites (N-methyl/N-ethyl adjacent to an activating group) is 1. The minimum Gasteiger partial charge on any atom is -0.370 e. The van der Waals surface area contributed by atoms with Crippen LogP contribution in [0.1, 0.15) is 46.4 Å². The fourth-order valence-electron chi connectivity index (χ4n) is 4.05. The summed E-state index contributed by atoms with van der Waals surface area (Å²) in [6.07, 6.45) is 2.44. The van der Waals surface area contributed by atoms with E-state index in [-0.39, 0.29) is 18.7 Å². The predicted octanol–water partition coefficient (Wildman–Crippen LogP) is 0.276. The monoisotopic (exact) mass is 370 g/mol. The first kappa shape index (κ1) is 17.7. The molecule has 1 aromatic carbocycles. The number of carbonyl (C=O) groups is 4. The zero-order chi connectivity index (χ0) is 19.1. The average Bonchev–Trinajstić information content (AvgIpc) is 2.92. The molecule has 3 aliphatic rings. The van der Waals surface area contributed by atoms with E-state index >= 15 is 0 Å². The number of rotatable bonds is 3. The molecule has 2 unspecified atom stereocenters. The molecular formula is C19H22N4O4. The predicted molar refractivity (Wildman–Crippen MR) is 97.4 cm³/mol. The summed E-state index contributed by atoms with van der Waals surface area (Å²) >= 11 is 0. The van der Waals surface area contributed by atoms with Gasteiger partial charge in [-0.15, -0.1) is 0 Å². The van der Waals surface area contributed by atoms with Crippen LogP contribution in [0.3, 0.4) is 0 Å². The zero-order valence-electron chi connectivity index (χ0n) is 15.2. The smallest absolute Gasteiger partial charge is 0.262 e. The third kappa shape index (κ3) is 2.99. The van der Waals surface area contributed by atoms with Crippen LogP contribution in [0.2, 0.25) is 0 Å². The number of hydrogen-bond acceptors (Lipinski definition) is 6. The number of hydrogen-bond donors (Lipinski definition) is 2. The first-order chi connectivity index (χ1) is 13.0. The number of imide groups is 2. The second-order valence-corrected chi connectivity index (χ2v) is 7.29. The molecule has 0 radical (unpaired) electrons. The topological polar surface area (TPSA) is 98.8 Å². The number of nitrogens with one attached hydrogen (secondary N) is 2. The standard InChI is InChI=1S/C19H22N4O4/c1-22(12-3-2-8-20-10-12)11-4-5-13-14(9-11)19(27)23(18(13)26)15-6-7-16(24)21-17(15)25/h4-5,9,12,15,20H,2-3,6-8,10H2,1H3,(H,21,24,25). The van der Waals surface area contributed by atoms with Gasteiger partial charge in [-0.3, -0.25) is 29.4 Å². The maximum absolute atomic E-state index is 12.9. The minimum atomic E-state index is -0.932. The van der Waals surface area contributed by atoms with Crippen molar-refractivity contribution in [3.05, 3.63) is 29.3 Å². The normalized spacial score (nSPS) is 25.4. The summed E-state index contributed by atoms with van der Waals surface area (Å²) in [4.78, 5) is 52.2. The Morgan fingerprint density at radius 3 is 2.56 bits per heavy atom. The van der Waals surface area contributed by atoms with Crippen molar-refractivity contribution in [2.24, 2.45) is 0 Å². The summed E-state index contributed by atoms with van der Waals surface area (Å²) in [7, 11) is 1.98. The van der Waals surface area contributed by atoms with Crippen molar-refractivity contribution in [1.82, 2.24) is 15.5 Å². The molecule has 8 heteroatoms. The number of carbonyl (C=O) groups excluding carboxylic acids is 4. The molecule has 4 rings (SSSR count). The highest BCUT2D eigenvalue weighted by molar-refractivity contribution is 6.23. The number of anilines is 1. The highest BCUT2D eigenvalue weighted by atomic mass is 16.2. The Labute approximate surface area is 156 Å². The van der Waals surface area contributed by atoms with Crippen molar-refractivity contribution in [1.29, 1.82) is 0 Å². The van der Waals surface area contributed by atoms with E-state index < -0.39 is 23.8 Å². The quantitative estimate of drug-likeness (QED) is 0.742. The average molecular weight is 370 g/mol. The third-order valence-electron chi connectivity index (χ3n) is 5.65. The summed E-state index contributed by atoms with van der Waals surface area (Å²) in [5.41, 5.74) is 1.50. The van der Waals surface area contributed by atoms with Crippen LogP contribution in [0.15, 0.2) is 18.2 Å². The van der Waals surface area contributed by atoms with E-state index in [1.165, 1.54) is 0 Å². The summed E-state index contributed by atoms with van der Waals surface area (Å²) in [6.45, 7) is 1.89. The van der Waals surface area contributed by atoms with Crippen molar-refractivity contribution in [3.8, 4) is 0 Å². The summed E-state index contributed by atoms with van der Waals surface area (Å²) in [6, 6.07) is 4.63. The van der Waals surface area contributed by atoms with Crippen molar-refractivity contribution >= 4 is 29.3 Å². The molecule has 4 amide bonds. The van der Waals surface area contributed by atoms with Gasteiger partial charge in [-0.05, 0) is 44.0 Å². The van der Waals surface area contributed by atoms with Gasteiger partial charge in [-0.1, -0.05) is 0 Å². The van der Waals surface area contributed by atoms with Crippen LogP contribution in [0.5, 0.6) is 0 Å². The molecule has 8 nitrogen and oxygen atoms in total. The summed E-state index contributed by atoms with van der Waals surface area (Å²) in [5, 5.41) is 5.58. The molecule has 2 N–H and O–H groups in total. The van der Waals surface area contributed by atoms with Gasteiger partial charge in [0.25, 0.3) is 11.8 Å². The van der Waals surface area contributed by atoms with Gasteiger partial charge >= 0.3 is 0 Å². The number of amides is 4. The molecule has 1 aromatic rings. The highest BCUT2D eigenvalue weighted by Gasteiger charge is 2.44. The Kier molecular flexibility index (Phi) is 4.43. The first-order valence-electron chi connectivity index (χ1n) is 9.26. The highest BCUT2D eigenvalue weighted by Crippen LogP contribution is 2.31. The van der Waals surface area contributed by atoms with E-state index in [1.807, 2.05) is 13.1 Å². The molecule has 2 atom stereocenters. The SMILES string of the molecule is CN(c1ccc2c(c1)C(=O)N(C1CCC(=O)NC1=O)C2=O)C1CCCNC1.